The molecule has 9 heteroatoms. The van der Waals surface area contributed by atoms with Crippen molar-refractivity contribution in [1.29, 1.82) is 0 Å². The molecule has 0 fully saturated rings. The minimum atomic E-state index is -0.465. The zero-order chi connectivity index (χ0) is 25.3. The van der Waals surface area contributed by atoms with Crippen molar-refractivity contribution in [3.8, 4) is 11.7 Å². The first-order valence-electron chi connectivity index (χ1n) is 10.6. The van der Waals surface area contributed by atoms with E-state index in [1.807, 2.05) is 6.92 Å². The topological polar surface area (TPSA) is 79.2 Å². The third-order valence-electron chi connectivity index (χ3n) is 5.33. The van der Waals surface area contributed by atoms with Gasteiger partial charge in [0.1, 0.15) is 0 Å². The Hall–Kier alpha value is -1.76. The van der Waals surface area contributed by atoms with Crippen molar-refractivity contribution < 1.29 is 64.5 Å². The summed E-state index contributed by atoms with van der Waals surface area (Å²) in [6.07, 6.45) is 6.00. The van der Waals surface area contributed by atoms with Gasteiger partial charge in [0.2, 0.25) is 0 Å². The molecule has 0 radical (unpaired) electrons. The van der Waals surface area contributed by atoms with E-state index in [0.29, 0.717) is 4.41 Å². The number of hydrogen-bond donors (Lipinski definition) is 1. The van der Waals surface area contributed by atoms with Crippen molar-refractivity contribution in [3.05, 3.63) is 58.7 Å². The summed E-state index contributed by atoms with van der Waals surface area (Å²) in [4.78, 5) is 12.5. The summed E-state index contributed by atoms with van der Waals surface area (Å²) in [5.74, 6) is 0.626. The van der Waals surface area contributed by atoms with Gasteiger partial charge in [-0.25, -0.2) is 0 Å². The van der Waals surface area contributed by atoms with E-state index in [-0.39, 0.29) is 22.8 Å². The van der Waals surface area contributed by atoms with Gasteiger partial charge in [-0.05, 0) is 19.3 Å². The summed E-state index contributed by atoms with van der Waals surface area (Å²) >= 11 is 3.42. The summed E-state index contributed by atoms with van der Waals surface area (Å²) in [5, 5.41) is 2.64. The van der Waals surface area contributed by atoms with Crippen LogP contribution in [0.3, 0.4) is 0 Å². The van der Waals surface area contributed by atoms with Gasteiger partial charge in [0.15, 0.2) is 0 Å². The van der Waals surface area contributed by atoms with Crippen LogP contribution in [0.4, 0.5) is 0 Å². The molecule has 1 aromatic heterocycles. The summed E-state index contributed by atoms with van der Waals surface area (Å²) in [6.45, 7) is 6.55. The Kier molecular flexibility index (Phi) is 11.2. The van der Waals surface area contributed by atoms with Crippen LogP contribution in [0.1, 0.15) is 53.9 Å². The van der Waals surface area contributed by atoms with Gasteiger partial charge in [0, 0.05) is 0 Å². The van der Waals surface area contributed by atoms with E-state index in [4.69, 9.17) is 18.6 Å². The molecule has 1 amide bonds. The van der Waals surface area contributed by atoms with Crippen molar-refractivity contribution in [2.24, 2.45) is 0 Å². The molecule has 2 aromatic rings. The number of fused-ring (bicyclic) bond motifs is 1. The first-order valence-corrected chi connectivity index (χ1v) is 12.7. The molecule has 7 nitrogen and oxygen atoms in total. The van der Waals surface area contributed by atoms with Crippen LogP contribution in [-0.2, 0) is 62.4 Å². The van der Waals surface area contributed by atoms with Crippen molar-refractivity contribution in [3.63, 3.8) is 0 Å². The standard InChI is InChI=1S/C23H26NO5.C2H3O.V.W/c1-15-11-16-7-6-10-23(2,3)18(16)12-20(15)29-21-9-8-19(28-21)22(25)24-17(13-26-4)14-27-5;1-3-2;;/h8-9,11-12H,6-7,10H2,1-5H3,(H,24,25);1H3;;/q2*-1;;. The average molecular weight is 674 g/mol. The van der Waals surface area contributed by atoms with Crippen LogP contribution >= 0.6 is 0 Å². The predicted molar refractivity (Wildman–Crippen MR) is 121 cm³/mol. The number of ether oxygens (including phenoxy) is 4. The summed E-state index contributed by atoms with van der Waals surface area (Å²) in [7, 11) is 4.51. The number of nitrogens with one attached hydrogen (secondary N) is 1. The Balaban J connectivity index is 0.000000945. The predicted octanol–water partition coefficient (Wildman–Crippen LogP) is 4.15. The van der Waals surface area contributed by atoms with Crippen molar-refractivity contribution in [2.45, 2.75) is 45.4 Å². The number of rotatable bonds is 8. The van der Waals surface area contributed by atoms with E-state index in [2.05, 4.69) is 63.9 Å². The van der Waals surface area contributed by atoms with Gasteiger partial charge in [-0.2, -0.15) is 0 Å². The quantitative estimate of drug-likeness (QED) is 0.335. The average Bonchev–Trinajstić information content (AvgIpc) is 3.28. The van der Waals surface area contributed by atoms with Gasteiger partial charge in [-0.15, -0.1) is 0 Å². The van der Waals surface area contributed by atoms with E-state index >= 15 is 0 Å². The first-order chi connectivity index (χ1) is 16.2. The van der Waals surface area contributed by atoms with Gasteiger partial charge in [0.25, 0.3) is 0 Å². The second-order valence-electron chi connectivity index (χ2n) is 8.17. The molecule has 0 aliphatic heterocycles. The monoisotopic (exact) mass is 674 g/mol. The van der Waals surface area contributed by atoms with Gasteiger partial charge in [0.05, 0.1) is 0 Å². The number of carbonyl (C=O) groups excluding carboxylic acids is 1. The molecule has 1 aliphatic rings. The Labute approximate surface area is 221 Å². The molecule has 1 heterocycles. The summed E-state index contributed by atoms with van der Waals surface area (Å²) < 4.78 is 28.8. The molecule has 0 unspecified atom stereocenters. The minimum absolute atomic E-state index is 0.104. The SMILES string of the molecule is CO[C-]=C(NC(=O)c1ccc(Oc2cc3c(cc2C)CCCC3(C)C)o1)[C](=[V])OC.CO[C-]=[W]. The number of aryl methyl sites for hydroxylation is 2. The maximum atomic E-state index is 12.5. The third-order valence-corrected chi connectivity index (χ3v) is 6.56. The van der Waals surface area contributed by atoms with Gasteiger partial charge in [-0.1, -0.05) is 13.8 Å². The van der Waals surface area contributed by atoms with Crippen molar-refractivity contribution >= 4 is 14.9 Å². The fraction of sp³-hybridized carbons (Fsp3) is 0.400. The number of benzene rings is 1. The Morgan fingerprint density at radius 1 is 1.21 bits per heavy atom. The van der Waals surface area contributed by atoms with E-state index in [0.717, 1.165) is 24.2 Å². The second-order valence-corrected chi connectivity index (χ2v) is 9.40. The van der Waals surface area contributed by atoms with Crippen LogP contribution in [0.15, 0.2) is 34.4 Å². The zero-order valence-corrected chi connectivity index (χ0v) is 24.6. The summed E-state index contributed by atoms with van der Waals surface area (Å²) in [5.41, 5.74) is 4.11. The van der Waals surface area contributed by atoms with Crippen LogP contribution in [0.2, 0.25) is 0 Å². The van der Waals surface area contributed by atoms with Crippen molar-refractivity contribution in [1.82, 2.24) is 5.32 Å². The second kappa shape index (κ2) is 13.4. The Morgan fingerprint density at radius 2 is 1.91 bits per heavy atom. The normalized spacial score (nSPS) is 14.2. The van der Waals surface area contributed by atoms with Gasteiger partial charge in [-0.3, -0.25) is 0 Å². The molecular formula is C25H29NO6VW-2. The molecule has 183 valence electrons. The third kappa shape index (κ3) is 7.62. The van der Waals surface area contributed by atoms with Crippen LogP contribution in [-0.4, -0.2) is 36.2 Å². The zero-order valence-electron chi connectivity index (χ0n) is 20.2. The number of hydrogen-bond acceptors (Lipinski definition) is 6. The Bertz CT molecular complexity index is 1060. The van der Waals surface area contributed by atoms with E-state index in [1.165, 1.54) is 51.1 Å². The number of furan rings is 1. The van der Waals surface area contributed by atoms with Crippen LogP contribution in [0.5, 0.6) is 11.7 Å². The number of carbonyl (C=O) groups is 1. The van der Waals surface area contributed by atoms with Crippen LogP contribution in [0, 0.1) is 13.2 Å². The maximum absolute atomic E-state index is 12.5. The molecule has 1 N–H and O–H groups in total. The fourth-order valence-electron chi connectivity index (χ4n) is 3.66. The number of amides is 1. The van der Waals surface area contributed by atoms with E-state index in [9.17, 15) is 4.79 Å². The first kappa shape index (κ1) is 28.5. The number of methoxy groups -OCH3 is 3. The van der Waals surface area contributed by atoms with Crippen LogP contribution in [0.25, 0.3) is 0 Å². The van der Waals surface area contributed by atoms with Gasteiger partial charge >= 0.3 is 189 Å². The Morgan fingerprint density at radius 3 is 2.53 bits per heavy atom. The molecule has 1 aromatic carbocycles. The van der Waals surface area contributed by atoms with Crippen LogP contribution < -0.4 is 10.1 Å². The molecule has 0 spiro atoms. The molecular weight excluding hydrogens is 645 g/mol. The molecule has 1 aliphatic carbocycles. The fourth-order valence-corrected chi connectivity index (χ4v) is 3.82. The van der Waals surface area contributed by atoms with E-state index in [1.54, 1.807) is 19.2 Å². The van der Waals surface area contributed by atoms with E-state index < -0.39 is 5.91 Å². The molecule has 0 bridgehead atoms. The summed E-state index contributed by atoms with van der Waals surface area (Å²) in [6, 6.07) is 7.49. The molecule has 0 atom stereocenters. The van der Waals surface area contributed by atoms with Crippen molar-refractivity contribution in [2.75, 3.05) is 21.3 Å². The molecule has 3 rings (SSSR count). The molecule has 34 heavy (non-hydrogen) atoms. The molecule has 0 saturated heterocycles. The van der Waals surface area contributed by atoms with Gasteiger partial charge < -0.3 is 0 Å². The molecule has 0 saturated carbocycles.